The molecule has 0 aliphatic carbocycles. The van der Waals surface area contributed by atoms with Gasteiger partial charge in [0, 0.05) is 17.7 Å². The van der Waals surface area contributed by atoms with Crippen LogP contribution in [-0.2, 0) is 0 Å². The number of nitro groups is 1. The predicted molar refractivity (Wildman–Crippen MR) is 64.0 cm³/mol. The van der Waals surface area contributed by atoms with Gasteiger partial charge in [0.1, 0.15) is 4.60 Å². The summed E-state index contributed by atoms with van der Waals surface area (Å²) in [6.45, 7) is 0. The lowest BCUT2D eigenvalue weighted by atomic mass is 10.1. The zero-order valence-corrected chi connectivity index (χ0v) is 9.72. The summed E-state index contributed by atoms with van der Waals surface area (Å²) in [6, 6.07) is 11.9. The van der Waals surface area contributed by atoms with Crippen LogP contribution in [0.4, 0.5) is 5.69 Å². The van der Waals surface area contributed by atoms with E-state index in [4.69, 9.17) is 0 Å². The van der Waals surface area contributed by atoms with Gasteiger partial charge in [-0.05, 0) is 40.2 Å². The Labute approximate surface area is 100 Å². The van der Waals surface area contributed by atoms with Gasteiger partial charge in [0.05, 0.1) is 10.6 Å². The molecule has 0 aliphatic rings. The van der Waals surface area contributed by atoms with Gasteiger partial charge in [0.2, 0.25) is 0 Å². The Morgan fingerprint density at radius 3 is 2.38 bits per heavy atom. The summed E-state index contributed by atoms with van der Waals surface area (Å²) in [5.74, 6) is 0. The number of aromatic nitrogens is 1. The number of pyridine rings is 1. The van der Waals surface area contributed by atoms with Crippen molar-refractivity contribution in [3.63, 3.8) is 0 Å². The number of non-ortho nitro benzene ring substituents is 1. The second-order valence-corrected chi connectivity index (χ2v) is 3.96. The fourth-order valence-electron chi connectivity index (χ4n) is 1.32. The van der Waals surface area contributed by atoms with Gasteiger partial charge in [-0.15, -0.1) is 0 Å². The molecule has 80 valence electrons. The number of benzene rings is 1. The van der Waals surface area contributed by atoms with Crippen molar-refractivity contribution in [3.05, 3.63) is 57.2 Å². The number of hydrogen-bond acceptors (Lipinski definition) is 3. The van der Waals surface area contributed by atoms with Crippen LogP contribution >= 0.6 is 15.9 Å². The molecule has 0 N–H and O–H groups in total. The Bertz CT molecular complexity index is 526. The third kappa shape index (κ3) is 2.25. The van der Waals surface area contributed by atoms with E-state index in [9.17, 15) is 10.1 Å². The van der Waals surface area contributed by atoms with Crippen molar-refractivity contribution in [1.29, 1.82) is 0 Å². The molecule has 0 unspecified atom stereocenters. The van der Waals surface area contributed by atoms with Gasteiger partial charge < -0.3 is 0 Å². The molecule has 0 atom stereocenters. The van der Waals surface area contributed by atoms with E-state index >= 15 is 0 Å². The van der Waals surface area contributed by atoms with Gasteiger partial charge in [-0.1, -0.05) is 6.07 Å². The number of nitrogens with zero attached hydrogens (tertiary/aromatic N) is 2. The van der Waals surface area contributed by atoms with Crippen LogP contribution in [0.1, 0.15) is 0 Å². The molecule has 0 radical (unpaired) electrons. The topological polar surface area (TPSA) is 56.0 Å². The van der Waals surface area contributed by atoms with E-state index < -0.39 is 4.92 Å². The van der Waals surface area contributed by atoms with Crippen LogP contribution in [0.5, 0.6) is 0 Å². The van der Waals surface area contributed by atoms with E-state index in [0.29, 0.717) is 0 Å². The van der Waals surface area contributed by atoms with Gasteiger partial charge in [0.25, 0.3) is 5.69 Å². The van der Waals surface area contributed by atoms with Crippen molar-refractivity contribution in [2.75, 3.05) is 0 Å². The molecule has 0 bridgehead atoms. The largest absolute Gasteiger partial charge is 0.269 e. The fourth-order valence-corrected chi connectivity index (χ4v) is 1.67. The molecule has 0 aliphatic heterocycles. The quantitative estimate of drug-likeness (QED) is 0.481. The average Bonchev–Trinajstić information content (AvgIpc) is 2.29. The molecule has 2 rings (SSSR count). The van der Waals surface area contributed by atoms with Crippen molar-refractivity contribution < 1.29 is 4.92 Å². The zero-order valence-electron chi connectivity index (χ0n) is 8.13. The van der Waals surface area contributed by atoms with Crippen LogP contribution in [0.2, 0.25) is 0 Å². The smallest absolute Gasteiger partial charge is 0.258 e. The van der Waals surface area contributed by atoms with Crippen LogP contribution in [0.15, 0.2) is 47.1 Å². The standard InChI is InChI=1S/C11H7BrN2O2/c12-11-3-1-2-10(13-11)8-4-6-9(7-5-8)14(15)16/h1-7H. The van der Waals surface area contributed by atoms with Crippen molar-refractivity contribution in [3.8, 4) is 11.3 Å². The maximum Gasteiger partial charge on any atom is 0.269 e. The van der Waals surface area contributed by atoms with Crippen molar-refractivity contribution >= 4 is 21.6 Å². The number of hydrogen-bond donors (Lipinski definition) is 0. The molecule has 5 heteroatoms. The SMILES string of the molecule is O=[N+]([O-])c1ccc(-c2cccc(Br)n2)cc1. The van der Waals surface area contributed by atoms with Crippen molar-refractivity contribution in [2.45, 2.75) is 0 Å². The van der Waals surface area contributed by atoms with E-state index in [1.807, 2.05) is 18.2 Å². The maximum absolute atomic E-state index is 10.5. The minimum atomic E-state index is -0.419. The monoisotopic (exact) mass is 278 g/mol. The lowest BCUT2D eigenvalue weighted by molar-refractivity contribution is -0.384. The summed E-state index contributed by atoms with van der Waals surface area (Å²) in [4.78, 5) is 14.3. The molecule has 0 saturated heterocycles. The molecular weight excluding hydrogens is 272 g/mol. The molecule has 4 nitrogen and oxygen atoms in total. The third-order valence-corrected chi connectivity index (χ3v) is 2.53. The fraction of sp³-hybridized carbons (Fsp3) is 0. The molecule has 16 heavy (non-hydrogen) atoms. The number of halogens is 1. The molecule has 0 amide bonds. The number of rotatable bonds is 2. The summed E-state index contributed by atoms with van der Waals surface area (Å²) in [5.41, 5.74) is 1.72. The van der Waals surface area contributed by atoms with Crippen LogP contribution in [-0.4, -0.2) is 9.91 Å². The van der Waals surface area contributed by atoms with E-state index in [1.54, 1.807) is 12.1 Å². The normalized spacial score (nSPS) is 10.1. The Hall–Kier alpha value is -1.75. The summed E-state index contributed by atoms with van der Waals surface area (Å²) < 4.78 is 0.739. The first kappa shape index (κ1) is 10.8. The molecule has 0 fully saturated rings. The minimum Gasteiger partial charge on any atom is -0.258 e. The Morgan fingerprint density at radius 2 is 1.81 bits per heavy atom. The van der Waals surface area contributed by atoms with Crippen LogP contribution in [0.3, 0.4) is 0 Å². The summed E-state index contributed by atoms with van der Waals surface area (Å²) in [7, 11) is 0. The van der Waals surface area contributed by atoms with E-state index in [-0.39, 0.29) is 5.69 Å². The lowest BCUT2D eigenvalue weighted by Gasteiger charge is -2.00. The van der Waals surface area contributed by atoms with Gasteiger partial charge in [-0.3, -0.25) is 10.1 Å². The zero-order chi connectivity index (χ0) is 11.5. The molecule has 2 aromatic rings. The van der Waals surface area contributed by atoms with Gasteiger partial charge in [-0.25, -0.2) is 4.98 Å². The van der Waals surface area contributed by atoms with Gasteiger partial charge in [-0.2, -0.15) is 0 Å². The first-order valence-corrected chi connectivity index (χ1v) is 5.33. The average molecular weight is 279 g/mol. The van der Waals surface area contributed by atoms with E-state index in [2.05, 4.69) is 20.9 Å². The minimum absolute atomic E-state index is 0.0822. The first-order valence-electron chi connectivity index (χ1n) is 4.54. The van der Waals surface area contributed by atoms with Crippen LogP contribution in [0.25, 0.3) is 11.3 Å². The highest BCUT2D eigenvalue weighted by molar-refractivity contribution is 9.10. The third-order valence-electron chi connectivity index (χ3n) is 2.09. The molecule has 1 aromatic carbocycles. The highest BCUT2D eigenvalue weighted by atomic mass is 79.9. The van der Waals surface area contributed by atoms with Crippen LogP contribution in [0, 0.1) is 10.1 Å². The number of nitro benzene ring substituents is 1. The molecule has 1 heterocycles. The first-order chi connectivity index (χ1) is 7.66. The van der Waals surface area contributed by atoms with Gasteiger partial charge in [0.15, 0.2) is 0 Å². The van der Waals surface area contributed by atoms with Crippen molar-refractivity contribution in [2.24, 2.45) is 0 Å². The van der Waals surface area contributed by atoms with Crippen LogP contribution < -0.4 is 0 Å². The van der Waals surface area contributed by atoms with Gasteiger partial charge >= 0.3 is 0 Å². The van der Waals surface area contributed by atoms with E-state index in [1.165, 1.54) is 12.1 Å². The summed E-state index contributed by atoms with van der Waals surface area (Å²) >= 11 is 3.28. The lowest BCUT2D eigenvalue weighted by Crippen LogP contribution is -1.88. The Kier molecular flexibility index (Phi) is 2.96. The highest BCUT2D eigenvalue weighted by Crippen LogP contribution is 2.21. The Balaban J connectivity index is 2.38. The molecule has 0 saturated carbocycles. The predicted octanol–water partition coefficient (Wildman–Crippen LogP) is 3.42. The second-order valence-electron chi connectivity index (χ2n) is 3.15. The van der Waals surface area contributed by atoms with Crippen molar-refractivity contribution in [1.82, 2.24) is 4.98 Å². The highest BCUT2D eigenvalue weighted by Gasteiger charge is 2.05. The summed E-state index contributed by atoms with van der Waals surface area (Å²) in [5, 5.41) is 10.5. The molecular formula is C11H7BrN2O2. The molecule has 0 spiro atoms. The maximum atomic E-state index is 10.5. The summed E-state index contributed by atoms with van der Waals surface area (Å²) in [6.07, 6.45) is 0. The second kappa shape index (κ2) is 4.40. The molecule has 1 aromatic heterocycles. The Morgan fingerprint density at radius 1 is 1.12 bits per heavy atom. The van der Waals surface area contributed by atoms with E-state index in [0.717, 1.165) is 15.9 Å².